The summed E-state index contributed by atoms with van der Waals surface area (Å²) in [5.74, 6) is 0.957. The van der Waals surface area contributed by atoms with Crippen LogP contribution in [0.4, 0.5) is 0 Å². The zero-order valence-electron chi connectivity index (χ0n) is 11.6. The maximum absolute atomic E-state index is 5.86. The molecule has 0 spiro atoms. The van der Waals surface area contributed by atoms with Crippen molar-refractivity contribution in [2.45, 2.75) is 26.9 Å². The van der Waals surface area contributed by atoms with Crippen molar-refractivity contribution in [1.29, 1.82) is 0 Å². The smallest absolute Gasteiger partial charge is 0.123 e. The monoisotopic (exact) mass is 259 g/mol. The number of hydrogen-bond donors (Lipinski definition) is 1. The molecule has 0 aliphatic rings. The van der Waals surface area contributed by atoms with E-state index < -0.39 is 0 Å². The molecule has 1 aromatic carbocycles. The van der Waals surface area contributed by atoms with Gasteiger partial charge in [-0.15, -0.1) is 0 Å². The summed E-state index contributed by atoms with van der Waals surface area (Å²) in [7, 11) is 0. The molecule has 1 heterocycles. The van der Waals surface area contributed by atoms with Gasteiger partial charge in [-0.3, -0.25) is 4.68 Å². The summed E-state index contributed by atoms with van der Waals surface area (Å²) >= 11 is 0. The Labute approximate surface area is 114 Å². The second kappa shape index (κ2) is 6.95. The second-order valence-electron chi connectivity index (χ2n) is 4.51. The quantitative estimate of drug-likeness (QED) is 0.829. The summed E-state index contributed by atoms with van der Waals surface area (Å²) in [4.78, 5) is 0. The van der Waals surface area contributed by atoms with Gasteiger partial charge in [-0.25, -0.2) is 0 Å². The van der Waals surface area contributed by atoms with Crippen LogP contribution in [-0.4, -0.2) is 22.9 Å². The third kappa shape index (κ3) is 4.10. The predicted molar refractivity (Wildman–Crippen MR) is 76.3 cm³/mol. The molecule has 0 aliphatic carbocycles. The predicted octanol–water partition coefficient (Wildman–Crippen LogP) is 2.38. The van der Waals surface area contributed by atoms with Gasteiger partial charge in [0.25, 0.3) is 0 Å². The highest BCUT2D eigenvalue weighted by atomic mass is 16.5. The van der Waals surface area contributed by atoms with Crippen molar-refractivity contribution in [2.24, 2.45) is 0 Å². The largest absolute Gasteiger partial charge is 0.491 e. The lowest BCUT2D eigenvalue weighted by Gasteiger charge is -2.12. The number of ether oxygens (including phenoxy) is 1. The zero-order valence-corrected chi connectivity index (χ0v) is 11.6. The number of nitrogens with one attached hydrogen (secondary N) is 1. The Hall–Kier alpha value is -1.81. The van der Waals surface area contributed by atoms with Gasteiger partial charge in [0.2, 0.25) is 0 Å². The van der Waals surface area contributed by atoms with Crippen molar-refractivity contribution < 1.29 is 4.74 Å². The highest BCUT2D eigenvalue weighted by Crippen LogP contribution is 2.20. The fourth-order valence-corrected chi connectivity index (χ4v) is 1.93. The number of nitrogens with zero attached hydrogens (tertiary/aromatic N) is 2. The van der Waals surface area contributed by atoms with Crippen LogP contribution in [0.2, 0.25) is 0 Å². The molecular weight excluding hydrogens is 238 g/mol. The standard InChI is InChI=1S/C15H21N3O/c1-3-16-12-14-11-13(2)5-6-15(14)19-10-9-18-8-4-7-17-18/h4-8,11,16H,3,9-10,12H2,1-2H3. The number of benzene rings is 1. The first-order valence-electron chi connectivity index (χ1n) is 6.70. The Morgan fingerprint density at radius 1 is 1.37 bits per heavy atom. The minimum atomic E-state index is 0.629. The van der Waals surface area contributed by atoms with E-state index >= 15 is 0 Å². The van der Waals surface area contributed by atoms with Gasteiger partial charge in [0.15, 0.2) is 0 Å². The number of aromatic nitrogens is 2. The van der Waals surface area contributed by atoms with Gasteiger partial charge in [0.1, 0.15) is 12.4 Å². The van der Waals surface area contributed by atoms with Gasteiger partial charge in [0.05, 0.1) is 6.54 Å². The molecule has 0 aliphatic heterocycles. The first kappa shape index (κ1) is 13.6. The van der Waals surface area contributed by atoms with Crippen LogP contribution in [0.5, 0.6) is 5.75 Å². The topological polar surface area (TPSA) is 39.1 Å². The van der Waals surface area contributed by atoms with Crippen molar-refractivity contribution in [2.75, 3.05) is 13.2 Å². The molecule has 0 radical (unpaired) electrons. The van der Waals surface area contributed by atoms with Crippen LogP contribution in [-0.2, 0) is 13.1 Å². The van der Waals surface area contributed by atoms with Crippen LogP contribution in [0, 0.1) is 6.92 Å². The van der Waals surface area contributed by atoms with E-state index in [1.54, 1.807) is 6.20 Å². The Morgan fingerprint density at radius 2 is 2.26 bits per heavy atom. The van der Waals surface area contributed by atoms with Gasteiger partial charge in [-0.05, 0) is 25.6 Å². The molecule has 0 fully saturated rings. The molecule has 2 rings (SSSR count). The van der Waals surface area contributed by atoms with E-state index in [4.69, 9.17) is 4.74 Å². The lowest BCUT2D eigenvalue weighted by Crippen LogP contribution is -2.14. The van der Waals surface area contributed by atoms with Gasteiger partial charge < -0.3 is 10.1 Å². The zero-order chi connectivity index (χ0) is 13.5. The van der Waals surface area contributed by atoms with Crippen LogP contribution in [0.25, 0.3) is 0 Å². The first-order valence-corrected chi connectivity index (χ1v) is 6.70. The molecule has 0 unspecified atom stereocenters. The molecule has 102 valence electrons. The molecule has 4 heteroatoms. The van der Waals surface area contributed by atoms with E-state index in [1.807, 2.05) is 23.0 Å². The van der Waals surface area contributed by atoms with E-state index in [0.29, 0.717) is 6.61 Å². The van der Waals surface area contributed by atoms with Gasteiger partial charge >= 0.3 is 0 Å². The third-order valence-electron chi connectivity index (χ3n) is 2.92. The summed E-state index contributed by atoms with van der Waals surface area (Å²) in [6.45, 7) is 7.40. The molecule has 0 atom stereocenters. The minimum absolute atomic E-state index is 0.629. The molecule has 1 aromatic heterocycles. The fraction of sp³-hybridized carbons (Fsp3) is 0.400. The average molecular weight is 259 g/mol. The SMILES string of the molecule is CCNCc1cc(C)ccc1OCCn1cccn1. The van der Waals surface area contributed by atoms with Crippen LogP contribution < -0.4 is 10.1 Å². The van der Waals surface area contributed by atoms with E-state index in [9.17, 15) is 0 Å². The molecule has 0 saturated heterocycles. The number of rotatable bonds is 7. The van der Waals surface area contributed by atoms with Gasteiger partial charge in [0, 0.05) is 24.5 Å². The second-order valence-corrected chi connectivity index (χ2v) is 4.51. The minimum Gasteiger partial charge on any atom is -0.491 e. The fourth-order valence-electron chi connectivity index (χ4n) is 1.93. The van der Waals surface area contributed by atoms with Crippen LogP contribution in [0.3, 0.4) is 0 Å². The van der Waals surface area contributed by atoms with Crippen molar-refractivity contribution in [3.8, 4) is 5.75 Å². The molecule has 19 heavy (non-hydrogen) atoms. The number of aryl methyl sites for hydroxylation is 1. The summed E-state index contributed by atoms with van der Waals surface area (Å²) in [5, 5.41) is 7.50. The third-order valence-corrected chi connectivity index (χ3v) is 2.92. The normalized spacial score (nSPS) is 10.6. The molecule has 2 aromatic rings. The lowest BCUT2D eigenvalue weighted by molar-refractivity contribution is 0.288. The van der Waals surface area contributed by atoms with E-state index in [0.717, 1.165) is 25.4 Å². The van der Waals surface area contributed by atoms with Crippen LogP contribution in [0.1, 0.15) is 18.1 Å². The van der Waals surface area contributed by atoms with Gasteiger partial charge in [-0.2, -0.15) is 5.10 Å². The van der Waals surface area contributed by atoms with Crippen LogP contribution >= 0.6 is 0 Å². The molecular formula is C15H21N3O. The molecule has 1 N–H and O–H groups in total. The molecule has 0 amide bonds. The highest BCUT2D eigenvalue weighted by Gasteiger charge is 2.04. The molecule has 4 nitrogen and oxygen atoms in total. The van der Waals surface area contributed by atoms with Crippen molar-refractivity contribution in [1.82, 2.24) is 15.1 Å². The maximum atomic E-state index is 5.86. The van der Waals surface area contributed by atoms with Gasteiger partial charge in [-0.1, -0.05) is 24.6 Å². The van der Waals surface area contributed by atoms with Crippen molar-refractivity contribution in [3.63, 3.8) is 0 Å². The Bertz CT molecular complexity index is 494. The van der Waals surface area contributed by atoms with Crippen molar-refractivity contribution in [3.05, 3.63) is 47.8 Å². The molecule has 0 bridgehead atoms. The van der Waals surface area contributed by atoms with E-state index in [1.165, 1.54) is 11.1 Å². The summed E-state index contributed by atoms with van der Waals surface area (Å²) in [6, 6.07) is 8.22. The van der Waals surface area contributed by atoms with Crippen LogP contribution in [0.15, 0.2) is 36.7 Å². The Balaban J connectivity index is 1.94. The van der Waals surface area contributed by atoms with E-state index in [-0.39, 0.29) is 0 Å². The highest BCUT2D eigenvalue weighted by molar-refractivity contribution is 5.36. The first-order chi connectivity index (χ1) is 9.29. The Kier molecular flexibility index (Phi) is 4.98. The Morgan fingerprint density at radius 3 is 3.00 bits per heavy atom. The summed E-state index contributed by atoms with van der Waals surface area (Å²) < 4.78 is 7.73. The summed E-state index contributed by atoms with van der Waals surface area (Å²) in [6.07, 6.45) is 3.72. The van der Waals surface area contributed by atoms with Crippen molar-refractivity contribution >= 4 is 0 Å². The average Bonchev–Trinajstić information content (AvgIpc) is 2.91. The van der Waals surface area contributed by atoms with E-state index in [2.05, 4.69) is 36.4 Å². The maximum Gasteiger partial charge on any atom is 0.123 e. The lowest BCUT2D eigenvalue weighted by atomic mass is 10.1. The molecule has 0 saturated carbocycles. The number of hydrogen-bond acceptors (Lipinski definition) is 3. The summed E-state index contributed by atoms with van der Waals surface area (Å²) in [5.41, 5.74) is 2.47.